The molecule has 3 rings (SSSR count). The van der Waals surface area contributed by atoms with Crippen LogP contribution in [0.15, 0.2) is 23.6 Å². The number of anilines is 1. The van der Waals surface area contributed by atoms with Crippen molar-refractivity contribution in [2.24, 2.45) is 0 Å². The molecule has 22 heavy (non-hydrogen) atoms. The smallest absolute Gasteiger partial charge is 0.254 e. The van der Waals surface area contributed by atoms with Gasteiger partial charge in [0.05, 0.1) is 10.6 Å². The van der Waals surface area contributed by atoms with Gasteiger partial charge in [0.2, 0.25) is 0 Å². The fourth-order valence-corrected chi connectivity index (χ4v) is 3.87. The molecule has 3 nitrogen and oxygen atoms in total. The fourth-order valence-electron chi connectivity index (χ4n) is 3.05. The lowest BCUT2D eigenvalue weighted by atomic mass is 9.89. The van der Waals surface area contributed by atoms with Crippen LogP contribution in [0, 0.1) is 0 Å². The Morgan fingerprint density at radius 1 is 1.27 bits per heavy atom. The van der Waals surface area contributed by atoms with E-state index in [0.717, 1.165) is 24.0 Å². The largest absolute Gasteiger partial charge is 0.390 e. The summed E-state index contributed by atoms with van der Waals surface area (Å²) in [5, 5.41) is 5.53. The Hall–Kier alpha value is -1.81. The number of nitrogen functional groups attached to an aromatic ring is 1. The molecule has 0 saturated carbocycles. The first-order valence-corrected chi connectivity index (χ1v) is 8.86. The predicted octanol–water partition coefficient (Wildman–Crippen LogP) is 4.02. The molecule has 0 radical (unpaired) electrons. The van der Waals surface area contributed by atoms with Crippen molar-refractivity contribution in [3.05, 3.63) is 40.3 Å². The second-order valence-corrected chi connectivity index (χ2v) is 6.75. The van der Waals surface area contributed by atoms with E-state index < -0.39 is 0 Å². The van der Waals surface area contributed by atoms with Gasteiger partial charge in [-0.15, -0.1) is 11.3 Å². The maximum atomic E-state index is 12.4. The van der Waals surface area contributed by atoms with Crippen LogP contribution < -0.4 is 11.1 Å². The van der Waals surface area contributed by atoms with Crippen LogP contribution in [-0.2, 0) is 12.8 Å². The molecule has 0 atom stereocenters. The third kappa shape index (κ3) is 2.88. The fraction of sp³-hybridized carbons (Fsp3) is 0.389. The van der Waals surface area contributed by atoms with Gasteiger partial charge in [0, 0.05) is 17.5 Å². The molecule has 1 heterocycles. The van der Waals surface area contributed by atoms with Crippen LogP contribution in [0.25, 0.3) is 11.1 Å². The summed E-state index contributed by atoms with van der Waals surface area (Å²) in [6.07, 6.45) is 5.77. The minimum Gasteiger partial charge on any atom is -0.390 e. The molecule has 1 aromatic carbocycles. The summed E-state index contributed by atoms with van der Waals surface area (Å²) in [4.78, 5) is 12.4. The van der Waals surface area contributed by atoms with Gasteiger partial charge in [-0.05, 0) is 48.8 Å². The summed E-state index contributed by atoms with van der Waals surface area (Å²) in [7, 11) is 0. The number of fused-ring (bicyclic) bond motifs is 1. The van der Waals surface area contributed by atoms with Crippen molar-refractivity contribution in [3.8, 4) is 11.1 Å². The molecule has 0 saturated heterocycles. The molecular formula is C18H22N2OS. The molecule has 1 aliphatic rings. The van der Waals surface area contributed by atoms with E-state index in [1.807, 2.05) is 12.3 Å². The van der Waals surface area contributed by atoms with Gasteiger partial charge >= 0.3 is 0 Å². The minimum absolute atomic E-state index is 0.0617. The highest BCUT2D eigenvalue weighted by molar-refractivity contribution is 7.15. The summed E-state index contributed by atoms with van der Waals surface area (Å²) in [6, 6.07) is 6.58. The van der Waals surface area contributed by atoms with Crippen LogP contribution >= 0.6 is 11.3 Å². The van der Waals surface area contributed by atoms with Crippen LogP contribution in [0.3, 0.4) is 0 Å². The summed E-state index contributed by atoms with van der Waals surface area (Å²) in [5.74, 6) is -0.0617. The highest BCUT2D eigenvalue weighted by Gasteiger charge is 2.19. The Kier molecular flexibility index (Phi) is 4.48. The van der Waals surface area contributed by atoms with Gasteiger partial charge in [0.25, 0.3) is 5.91 Å². The van der Waals surface area contributed by atoms with Gasteiger partial charge in [0.1, 0.15) is 0 Å². The third-order valence-corrected chi connectivity index (χ3v) is 5.05. The first-order chi connectivity index (χ1) is 10.7. The predicted molar refractivity (Wildman–Crippen MR) is 93.4 cm³/mol. The van der Waals surface area contributed by atoms with Gasteiger partial charge in [-0.3, -0.25) is 4.79 Å². The van der Waals surface area contributed by atoms with Crippen molar-refractivity contribution in [1.82, 2.24) is 5.32 Å². The molecular weight excluding hydrogens is 292 g/mol. The van der Waals surface area contributed by atoms with Crippen LogP contribution in [-0.4, -0.2) is 12.5 Å². The highest BCUT2D eigenvalue weighted by atomic mass is 32.1. The standard InChI is InChI=1S/C18H22N2OS/c1-2-9-20-18(21)16-15(11-22-17(16)19)14-8-7-12-5-3-4-6-13(12)10-14/h7-8,10-11H,2-6,9,19H2,1H3,(H,20,21). The quantitative estimate of drug-likeness (QED) is 0.895. The average molecular weight is 314 g/mol. The molecule has 116 valence electrons. The van der Waals surface area contributed by atoms with Crippen molar-refractivity contribution in [2.45, 2.75) is 39.0 Å². The number of hydrogen-bond donors (Lipinski definition) is 2. The number of rotatable bonds is 4. The summed E-state index contributed by atoms with van der Waals surface area (Å²) in [5.41, 5.74) is 11.6. The van der Waals surface area contributed by atoms with Crippen LogP contribution in [0.5, 0.6) is 0 Å². The lowest BCUT2D eigenvalue weighted by Gasteiger charge is -2.17. The van der Waals surface area contributed by atoms with Crippen molar-refractivity contribution in [3.63, 3.8) is 0 Å². The lowest BCUT2D eigenvalue weighted by molar-refractivity contribution is 0.0955. The summed E-state index contributed by atoms with van der Waals surface area (Å²) in [6.45, 7) is 2.72. The number of thiophene rings is 1. The van der Waals surface area contributed by atoms with Crippen molar-refractivity contribution >= 4 is 22.2 Å². The lowest BCUT2D eigenvalue weighted by Crippen LogP contribution is -2.24. The van der Waals surface area contributed by atoms with Crippen molar-refractivity contribution in [2.75, 3.05) is 12.3 Å². The van der Waals surface area contributed by atoms with Gasteiger partial charge < -0.3 is 11.1 Å². The number of nitrogens with two attached hydrogens (primary N) is 1. The number of carbonyl (C=O) groups excluding carboxylic acids is 1. The number of hydrogen-bond acceptors (Lipinski definition) is 3. The second-order valence-electron chi connectivity index (χ2n) is 5.84. The van der Waals surface area contributed by atoms with Gasteiger partial charge in [-0.25, -0.2) is 0 Å². The van der Waals surface area contributed by atoms with E-state index in [4.69, 9.17) is 5.73 Å². The minimum atomic E-state index is -0.0617. The molecule has 1 aliphatic carbocycles. The topological polar surface area (TPSA) is 55.1 Å². The van der Waals surface area contributed by atoms with Gasteiger partial charge in [-0.1, -0.05) is 25.1 Å². The zero-order chi connectivity index (χ0) is 15.5. The Morgan fingerprint density at radius 3 is 2.82 bits per heavy atom. The first kappa shape index (κ1) is 15.1. The molecule has 1 amide bonds. The first-order valence-electron chi connectivity index (χ1n) is 7.98. The van der Waals surface area contributed by atoms with Crippen LogP contribution in [0.4, 0.5) is 5.00 Å². The van der Waals surface area contributed by atoms with Crippen molar-refractivity contribution < 1.29 is 4.79 Å². The number of benzene rings is 1. The normalized spacial score (nSPS) is 13.7. The monoisotopic (exact) mass is 314 g/mol. The molecule has 0 aliphatic heterocycles. The van der Waals surface area contributed by atoms with E-state index in [1.54, 1.807) is 0 Å². The van der Waals surface area contributed by atoms with E-state index in [2.05, 4.69) is 23.5 Å². The van der Waals surface area contributed by atoms with Crippen molar-refractivity contribution in [1.29, 1.82) is 0 Å². The van der Waals surface area contributed by atoms with Gasteiger partial charge in [0.15, 0.2) is 0 Å². The Bertz CT molecular complexity index is 690. The molecule has 1 aromatic heterocycles. The highest BCUT2D eigenvalue weighted by Crippen LogP contribution is 2.35. The number of carbonyl (C=O) groups is 1. The zero-order valence-corrected chi connectivity index (χ0v) is 13.8. The van der Waals surface area contributed by atoms with Gasteiger partial charge in [-0.2, -0.15) is 0 Å². The Labute approximate surface area is 135 Å². The van der Waals surface area contributed by atoms with E-state index in [-0.39, 0.29) is 5.91 Å². The molecule has 3 N–H and O–H groups in total. The van der Waals surface area contributed by atoms with E-state index >= 15 is 0 Å². The molecule has 4 heteroatoms. The third-order valence-electron chi connectivity index (χ3n) is 4.24. The number of aryl methyl sites for hydroxylation is 2. The number of nitrogens with one attached hydrogen (secondary N) is 1. The van der Waals surface area contributed by atoms with Crippen LogP contribution in [0.2, 0.25) is 0 Å². The second kappa shape index (κ2) is 6.53. The molecule has 2 aromatic rings. The Balaban J connectivity index is 1.97. The SMILES string of the molecule is CCCNC(=O)c1c(-c2ccc3c(c2)CCCC3)csc1N. The molecule has 0 spiro atoms. The van der Waals surface area contributed by atoms with E-state index in [0.29, 0.717) is 17.1 Å². The van der Waals surface area contributed by atoms with Crippen LogP contribution in [0.1, 0.15) is 47.7 Å². The molecule has 0 fully saturated rings. The summed E-state index contributed by atoms with van der Waals surface area (Å²) >= 11 is 1.44. The Morgan fingerprint density at radius 2 is 2.05 bits per heavy atom. The molecule has 0 bridgehead atoms. The maximum Gasteiger partial charge on any atom is 0.254 e. The maximum absolute atomic E-state index is 12.4. The average Bonchev–Trinajstić information content (AvgIpc) is 2.94. The van der Waals surface area contributed by atoms with E-state index in [9.17, 15) is 4.79 Å². The summed E-state index contributed by atoms with van der Waals surface area (Å²) < 4.78 is 0. The number of amides is 1. The van der Waals surface area contributed by atoms with E-state index in [1.165, 1.54) is 41.7 Å². The molecule has 0 unspecified atom stereocenters. The zero-order valence-electron chi connectivity index (χ0n) is 12.9.